The van der Waals surface area contributed by atoms with Crippen LogP contribution in [0.3, 0.4) is 0 Å². The summed E-state index contributed by atoms with van der Waals surface area (Å²) in [4.78, 5) is 130. The zero-order valence-electron chi connectivity index (χ0n) is 73.3. The van der Waals surface area contributed by atoms with Crippen LogP contribution in [0.1, 0.15) is 129 Å². The average Bonchev–Trinajstić information content (AvgIpc) is 0.707. The fourth-order valence-electron chi connectivity index (χ4n) is 21.4. The van der Waals surface area contributed by atoms with Gasteiger partial charge in [-0.1, -0.05) is 18.2 Å². The molecule has 0 saturated carbocycles. The molecule has 0 aromatic heterocycles. The van der Waals surface area contributed by atoms with Gasteiger partial charge in [0.25, 0.3) is 0 Å². The second-order valence-corrected chi connectivity index (χ2v) is 32.3. The molecular formula is C88H107N12NaO22. The minimum atomic E-state index is -0.787. The van der Waals surface area contributed by atoms with Crippen LogP contribution < -0.4 is 69.2 Å². The van der Waals surface area contributed by atoms with Crippen LogP contribution in [0, 0.1) is 54.8 Å². The van der Waals surface area contributed by atoms with Crippen LogP contribution in [0.4, 0.5) is 0 Å². The van der Waals surface area contributed by atoms with Crippen molar-refractivity contribution in [3.05, 3.63) is 136 Å². The number of hydrogen-bond donors (Lipinski definition) is 6. The third-order valence-electron chi connectivity index (χ3n) is 26.2. The predicted molar refractivity (Wildman–Crippen MR) is 436 cm³/mol. The molecule has 35 heteroatoms. The maximum Gasteiger partial charge on any atom is 1.00 e. The molecule has 7 N–H and O–H groups in total. The van der Waals surface area contributed by atoms with Crippen LogP contribution in [-0.4, -0.2) is 286 Å². The number of likely N-dealkylation sites (N-methyl/N-ethyl adjacent to an activating group) is 3. The number of aryl methyl sites for hydroxylation is 3. The number of nitriles is 3. The van der Waals surface area contributed by atoms with E-state index in [0.29, 0.717) is 75.9 Å². The zero-order valence-corrected chi connectivity index (χ0v) is 75.3. The first kappa shape index (κ1) is 95.0. The smallest absolute Gasteiger partial charge is 0.870 e. The molecule has 3 aliphatic carbocycles. The summed E-state index contributed by atoms with van der Waals surface area (Å²) in [6.45, 7) is 14.7. The number of carbonyl (C=O) groups is 9. The number of aromatic hydroxyl groups is 1. The number of carbonyl (C=O) groups excluding carboxylic acids is 9. The molecule has 652 valence electrons. The molecule has 3 aromatic rings. The van der Waals surface area contributed by atoms with Gasteiger partial charge in [0, 0.05) is 165 Å². The number of benzene rings is 3. The number of phenols is 1. The molecule has 34 nitrogen and oxygen atoms in total. The van der Waals surface area contributed by atoms with Crippen LogP contribution >= 0.6 is 0 Å². The summed E-state index contributed by atoms with van der Waals surface area (Å²) >= 11 is 0. The van der Waals surface area contributed by atoms with E-state index in [2.05, 4.69) is 61.0 Å². The van der Waals surface area contributed by atoms with E-state index in [0.717, 1.165) is 51.6 Å². The van der Waals surface area contributed by atoms with E-state index >= 15 is 0 Å². The minimum Gasteiger partial charge on any atom is -0.870 e. The summed E-state index contributed by atoms with van der Waals surface area (Å²) < 4.78 is 50.6. The van der Waals surface area contributed by atoms with E-state index in [9.17, 15) is 69.1 Å². The standard InChI is InChI=1S/C30H36N4O7.C29H34N4O7.C28H32N4O6.CH4O.Na.H2O/c1-14-8-17-9-19-21(11-31)34-20(25(33(19)4)23(17)30(28(14)39-6)41-13-38-5)10-18-24(22(34)12-32-16(3)35)27(37)29(40-7)15(2)26(18)36;1-13-7-16-8-18-20(10-30)33-19(24(32(18)4)22(16)29(28(13)39-6)40-12-38-5)9-17-23(21(33)11-31-15(3)34)27(37)26(36)14(2)25(17)35;1-12-7-15-8-17-19(10-29)32-18(23(31(17)4)21(15)25(35)27(12)37-5)9-16-22(20(32)11-30-14(3)33)26(36)28(38-6)13(2)24(16)34;1-2;;/h8,19-22,25H,9-10,12-13H2,1-7H3,(H,32,35);7,18-21,24,35H,8-9,11-12H2,1-6H3,(H,31,34);7,17-20,23,35H,8-9,11H2,1-6H3,(H,30,33);2H,1H3;;1H2/q;;;;+1;/p-1/t19-,20?,21-,22-,25-;18-,19?,20-,21-,24-;17-,18?,19-,20-,23-;;;/m000.../s1. The molecule has 3 unspecified atom stereocenters. The first-order valence-corrected chi connectivity index (χ1v) is 40.0. The molecule has 3 fully saturated rings. The normalized spacial score (nSPS) is 27.2. The molecule has 9 aliphatic heterocycles. The molecular weight excluding hydrogens is 1600 g/mol. The van der Waals surface area contributed by atoms with Gasteiger partial charge in [-0.15, -0.1) is 0 Å². The van der Waals surface area contributed by atoms with Crippen molar-refractivity contribution in [2.45, 2.75) is 191 Å². The molecule has 15 rings (SSSR count). The number of allylic oxidation sites excluding steroid dienone is 6. The monoisotopic (exact) mass is 1710 g/mol. The summed E-state index contributed by atoms with van der Waals surface area (Å²) in [6.07, 6.45) is 2.27. The Morgan fingerprint density at radius 2 is 0.732 bits per heavy atom. The molecule has 3 saturated heterocycles. The number of aliphatic hydroxyl groups is 2. The third kappa shape index (κ3) is 15.7. The van der Waals surface area contributed by atoms with E-state index in [1.165, 1.54) is 56.1 Å². The van der Waals surface area contributed by atoms with Crippen LogP contribution in [0.2, 0.25) is 0 Å². The molecule has 15 atom stereocenters. The van der Waals surface area contributed by atoms with Gasteiger partial charge >= 0.3 is 29.6 Å². The first-order chi connectivity index (χ1) is 57.7. The Bertz CT molecular complexity index is 5220. The Balaban J connectivity index is 0.000000190. The van der Waals surface area contributed by atoms with Crippen molar-refractivity contribution in [3.8, 4) is 52.7 Å². The van der Waals surface area contributed by atoms with Crippen LogP contribution in [0.15, 0.2) is 85.6 Å². The van der Waals surface area contributed by atoms with Crippen molar-refractivity contribution in [1.29, 1.82) is 15.8 Å². The number of rotatable bonds is 17. The molecule has 123 heavy (non-hydrogen) atoms. The van der Waals surface area contributed by atoms with E-state index in [1.807, 2.05) is 62.7 Å². The molecule has 3 amide bonds. The minimum absolute atomic E-state index is 0. The van der Waals surface area contributed by atoms with Gasteiger partial charge in [0.15, 0.2) is 71.2 Å². The summed E-state index contributed by atoms with van der Waals surface area (Å²) in [5.41, 5.74) is 10.5. The van der Waals surface area contributed by atoms with E-state index in [4.69, 9.17) is 47.7 Å². The fourth-order valence-corrected chi connectivity index (χ4v) is 21.4. The maximum absolute atomic E-state index is 13.8. The number of ketones is 6. The Hall–Kier alpha value is -10.2. The summed E-state index contributed by atoms with van der Waals surface area (Å²) in [7, 11) is 17.4. The number of phenolic OH excluding ortho intramolecular Hbond substituents is 1. The van der Waals surface area contributed by atoms with Crippen molar-refractivity contribution in [2.24, 2.45) is 0 Å². The number of fused-ring (bicyclic) bond motifs is 18. The molecule has 3 aromatic carbocycles. The Labute approximate surface area is 736 Å². The van der Waals surface area contributed by atoms with Crippen LogP contribution in [0.25, 0.3) is 0 Å². The average molecular weight is 1710 g/mol. The zero-order chi connectivity index (χ0) is 88.4. The van der Waals surface area contributed by atoms with Gasteiger partial charge in [0.1, 0.15) is 23.9 Å². The van der Waals surface area contributed by atoms with Crippen molar-refractivity contribution in [3.63, 3.8) is 0 Å². The van der Waals surface area contributed by atoms with Gasteiger partial charge in [0.2, 0.25) is 40.9 Å². The van der Waals surface area contributed by atoms with Crippen molar-refractivity contribution in [2.75, 3.05) is 111 Å². The van der Waals surface area contributed by atoms with E-state index in [1.54, 1.807) is 35.2 Å². The van der Waals surface area contributed by atoms with Crippen molar-refractivity contribution >= 4 is 52.4 Å². The Morgan fingerprint density at radius 1 is 0.423 bits per heavy atom. The number of hydrogen-bond acceptors (Lipinski definition) is 31. The van der Waals surface area contributed by atoms with Crippen molar-refractivity contribution < 1.29 is 136 Å². The van der Waals surface area contributed by atoms with Crippen LogP contribution in [0.5, 0.6) is 34.5 Å². The number of methoxy groups -OCH3 is 7. The third-order valence-corrected chi connectivity index (χ3v) is 26.2. The second kappa shape index (κ2) is 38.1. The quantitative estimate of drug-likeness (QED) is 0.0364. The number of nitrogens with one attached hydrogen (secondary N) is 3. The predicted octanol–water partition coefficient (Wildman–Crippen LogP) is 1.28. The molecule has 0 radical (unpaired) electrons. The second-order valence-electron chi connectivity index (χ2n) is 32.3. The van der Waals surface area contributed by atoms with Gasteiger partial charge in [-0.05, 0) is 135 Å². The van der Waals surface area contributed by atoms with Gasteiger partial charge in [-0.2, -0.15) is 15.8 Å². The largest absolute Gasteiger partial charge is 1.00 e. The fraction of sp³-hybridized carbons (Fsp3) is 0.523. The molecule has 12 aliphatic rings. The molecule has 0 spiro atoms. The van der Waals surface area contributed by atoms with Crippen molar-refractivity contribution in [1.82, 2.24) is 45.3 Å². The number of Topliss-reactive ketones (excluding diaryl/α,β-unsaturated/α-hetero) is 6. The summed E-state index contributed by atoms with van der Waals surface area (Å²) in [5, 5.41) is 69.6. The summed E-state index contributed by atoms with van der Waals surface area (Å²) in [6, 6.07) is 6.55. The van der Waals surface area contributed by atoms with Gasteiger partial charge in [0.05, 0.1) is 90.0 Å². The van der Waals surface area contributed by atoms with Gasteiger partial charge in [-0.3, -0.25) is 72.6 Å². The first-order valence-electron chi connectivity index (χ1n) is 40.0. The van der Waals surface area contributed by atoms with E-state index in [-0.39, 0.29) is 216 Å². The number of aliphatic hydroxyl groups excluding tert-OH is 2. The number of amides is 3. The topological polar surface area (TPSA) is 454 Å². The van der Waals surface area contributed by atoms with Gasteiger partial charge in [-0.25, -0.2) is 0 Å². The Kier molecular flexibility index (Phi) is 29.4. The van der Waals surface area contributed by atoms with Gasteiger partial charge < -0.3 is 79.4 Å². The number of nitrogens with zero attached hydrogens (tertiary/aromatic N) is 9. The molecule has 9 heterocycles. The SMILES string of the molecule is CO.COC1=C(C)C(=O)C2=C(C1=O)[C@H](CNC(C)=O)N1C(C2)[C@H]2c3c(cc(C)c(OC)c3O)C[C@@H]([C@@H]1C#N)N2C.COCOc1c(OC)c(C)cc2c1[C@@H]1C3CC4=C(C(=O)C(=O)C(C)=C4O)[C@H](CNC(C)=O)N3[C@@H](C#N)[C@H](C2)N1C.COCOc1c(OC)c(C)cc2c1[C@@H]1C3CC4=C(C(=O)C(OC)=C(C)C4=O)[C@H](CNC(C)=O)N3[C@@H](C#N)[C@H](C2)N1C.[Na+].[OH-]. The van der Waals surface area contributed by atoms with Crippen LogP contribution in [-0.2, 0) is 81.4 Å². The Morgan fingerprint density at radius 3 is 1.04 bits per heavy atom. The maximum atomic E-state index is 13.8. The molecule has 6 bridgehead atoms. The van der Waals surface area contributed by atoms with E-state index < -0.39 is 65.7 Å². The number of piperazine rings is 3. The number of ether oxygens (including phenoxy) is 9. The summed E-state index contributed by atoms with van der Waals surface area (Å²) in [5.74, 6) is -1.12.